The summed E-state index contributed by atoms with van der Waals surface area (Å²) in [4.78, 5) is 28.4. The zero-order chi connectivity index (χ0) is 21.7. The average molecular weight is 431 g/mol. The van der Waals surface area contributed by atoms with Crippen molar-refractivity contribution in [3.05, 3.63) is 45.8 Å². The molecule has 1 amide bonds. The quantitative estimate of drug-likeness (QED) is 0.627. The minimum Gasteiger partial charge on any atom is -0.484 e. The smallest absolute Gasteiger partial charge is 0.341 e. The first kappa shape index (κ1) is 22.3. The maximum absolute atomic E-state index is 12.5. The predicted molar refractivity (Wildman–Crippen MR) is 120 cm³/mol. The first-order chi connectivity index (χ1) is 14.4. The molecule has 1 aliphatic heterocycles. The number of amides is 1. The maximum atomic E-state index is 12.5. The lowest BCUT2D eigenvalue weighted by atomic mass is 10.0. The molecule has 0 spiro atoms. The molecule has 7 heteroatoms. The third kappa shape index (κ3) is 5.21. The second-order valence-corrected chi connectivity index (χ2v) is 8.89. The molecule has 0 atom stereocenters. The highest BCUT2D eigenvalue weighted by Gasteiger charge is 2.29. The van der Waals surface area contributed by atoms with Gasteiger partial charge in [-0.05, 0) is 48.6 Å². The van der Waals surface area contributed by atoms with Gasteiger partial charge in [0.15, 0.2) is 6.61 Å². The molecule has 1 aromatic heterocycles. The van der Waals surface area contributed by atoms with Gasteiger partial charge in [-0.2, -0.15) is 0 Å². The van der Waals surface area contributed by atoms with E-state index in [1.165, 1.54) is 24.0 Å². The van der Waals surface area contributed by atoms with Crippen molar-refractivity contribution in [2.45, 2.75) is 46.1 Å². The van der Waals surface area contributed by atoms with Crippen LogP contribution in [0.25, 0.3) is 0 Å². The van der Waals surface area contributed by atoms with Crippen LogP contribution in [-0.4, -0.2) is 43.6 Å². The summed E-state index contributed by atoms with van der Waals surface area (Å²) in [6, 6.07) is 7.74. The molecule has 0 unspecified atom stereocenters. The Kier molecular flexibility index (Phi) is 7.50. The van der Waals surface area contributed by atoms with Crippen molar-refractivity contribution in [1.29, 1.82) is 0 Å². The molecular formula is C23H30N2O4S. The SMILES string of the molecule is CCCN1CCc2c(sc(NC(=O)COc3ccc(C(C)C)cc3)c2C(=O)OC)C1. The van der Waals surface area contributed by atoms with Gasteiger partial charge in [0.1, 0.15) is 10.8 Å². The van der Waals surface area contributed by atoms with Crippen LogP contribution >= 0.6 is 11.3 Å². The first-order valence-corrected chi connectivity index (χ1v) is 11.2. The number of methoxy groups -OCH3 is 1. The minimum atomic E-state index is -0.406. The summed E-state index contributed by atoms with van der Waals surface area (Å²) >= 11 is 1.46. The topological polar surface area (TPSA) is 67.9 Å². The molecule has 162 valence electrons. The molecular weight excluding hydrogens is 400 g/mol. The van der Waals surface area contributed by atoms with Gasteiger partial charge in [-0.3, -0.25) is 9.69 Å². The predicted octanol–water partition coefficient (Wildman–Crippen LogP) is 4.44. The Hall–Kier alpha value is -2.38. The molecule has 6 nitrogen and oxygen atoms in total. The third-order valence-electron chi connectivity index (χ3n) is 5.23. The van der Waals surface area contributed by atoms with Crippen LogP contribution < -0.4 is 10.1 Å². The molecule has 0 saturated heterocycles. The van der Waals surface area contributed by atoms with Crippen molar-refractivity contribution < 1.29 is 19.1 Å². The van der Waals surface area contributed by atoms with Crippen LogP contribution in [0.2, 0.25) is 0 Å². The summed E-state index contributed by atoms with van der Waals surface area (Å²) < 4.78 is 10.6. The highest BCUT2D eigenvalue weighted by atomic mass is 32.1. The molecule has 2 heterocycles. The monoisotopic (exact) mass is 430 g/mol. The number of fused-ring (bicyclic) bond motifs is 1. The fourth-order valence-corrected chi connectivity index (χ4v) is 4.92. The largest absolute Gasteiger partial charge is 0.484 e. The van der Waals surface area contributed by atoms with Gasteiger partial charge in [-0.1, -0.05) is 32.9 Å². The Labute approximate surface area is 182 Å². The number of esters is 1. The third-order valence-corrected chi connectivity index (χ3v) is 6.37. The van der Waals surface area contributed by atoms with Crippen LogP contribution in [0.3, 0.4) is 0 Å². The molecule has 0 aliphatic carbocycles. The second-order valence-electron chi connectivity index (χ2n) is 7.79. The van der Waals surface area contributed by atoms with E-state index in [9.17, 15) is 9.59 Å². The number of ether oxygens (including phenoxy) is 2. The lowest BCUT2D eigenvalue weighted by molar-refractivity contribution is -0.118. The summed E-state index contributed by atoms with van der Waals surface area (Å²) in [6.07, 6.45) is 1.87. The highest BCUT2D eigenvalue weighted by molar-refractivity contribution is 7.17. The Morgan fingerprint density at radius 3 is 2.60 bits per heavy atom. The summed E-state index contributed by atoms with van der Waals surface area (Å²) in [5, 5.41) is 3.41. The Bertz CT molecular complexity index is 889. The van der Waals surface area contributed by atoms with Gasteiger partial charge < -0.3 is 14.8 Å². The molecule has 1 aromatic carbocycles. The van der Waals surface area contributed by atoms with Crippen molar-refractivity contribution in [3.8, 4) is 5.75 Å². The second kappa shape index (κ2) is 10.1. The molecule has 0 bridgehead atoms. The van der Waals surface area contributed by atoms with Crippen LogP contribution in [0.4, 0.5) is 5.00 Å². The normalized spacial score (nSPS) is 13.8. The van der Waals surface area contributed by atoms with Gasteiger partial charge in [0.05, 0.1) is 12.7 Å². The van der Waals surface area contributed by atoms with E-state index < -0.39 is 5.97 Å². The Morgan fingerprint density at radius 1 is 1.23 bits per heavy atom. The van der Waals surface area contributed by atoms with E-state index in [1.54, 1.807) is 0 Å². The van der Waals surface area contributed by atoms with E-state index >= 15 is 0 Å². The fraction of sp³-hybridized carbons (Fsp3) is 0.478. The number of anilines is 1. The minimum absolute atomic E-state index is 0.119. The summed E-state index contributed by atoms with van der Waals surface area (Å²) in [6.45, 7) is 9.03. The highest BCUT2D eigenvalue weighted by Crippen LogP contribution is 2.37. The number of thiophene rings is 1. The van der Waals surface area contributed by atoms with E-state index in [1.807, 2.05) is 24.3 Å². The molecule has 1 aliphatic rings. The van der Waals surface area contributed by atoms with Gasteiger partial charge >= 0.3 is 5.97 Å². The zero-order valence-electron chi connectivity index (χ0n) is 18.1. The zero-order valence-corrected chi connectivity index (χ0v) is 18.9. The molecule has 2 aromatic rings. The van der Waals surface area contributed by atoms with E-state index in [2.05, 4.69) is 31.0 Å². The molecule has 0 radical (unpaired) electrons. The number of hydrogen-bond donors (Lipinski definition) is 1. The van der Waals surface area contributed by atoms with Crippen LogP contribution in [0.15, 0.2) is 24.3 Å². The molecule has 0 saturated carbocycles. The van der Waals surface area contributed by atoms with Crippen molar-refractivity contribution >= 4 is 28.2 Å². The maximum Gasteiger partial charge on any atom is 0.341 e. The van der Waals surface area contributed by atoms with Crippen LogP contribution in [-0.2, 0) is 22.5 Å². The molecule has 0 fully saturated rings. The van der Waals surface area contributed by atoms with Crippen LogP contribution in [0.1, 0.15) is 59.5 Å². The first-order valence-electron chi connectivity index (χ1n) is 10.4. The standard InChI is InChI=1S/C23H30N2O4S/c1-5-11-25-12-10-18-19(13-25)30-22(21(18)23(27)28-4)24-20(26)14-29-17-8-6-16(7-9-17)15(2)3/h6-9,15H,5,10-14H2,1-4H3,(H,24,26). The van der Waals surface area contributed by atoms with Crippen molar-refractivity contribution in [2.24, 2.45) is 0 Å². The van der Waals surface area contributed by atoms with E-state index in [0.717, 1.165) is 42.9 Å². The number of nitrogens with one attached hydrogen (secondary N) is 1. The number of rotatable bonds is 8. The number of benzene rings is 1. The summed E-state index contributed by atoms with van der Waals surface area (Å²) in [7, 11) is 1.37. The van der Waals surface area contributed by atoms with E-state index in [-0.39, 0.29) is 12.5 Å². The van der Waals surface area contributed by atoms with Gasteiger partial charge in [0.25, 0.3) is 5.91 Å². The average Bonchev–Trinajstić information content (AvgIpc) is 3.09. The lowest BCUT2D eigenvalue weighted by Crippen LogP contribution is -2.30. The Balaban J connectivity index is 1.69. The van der Waals surface area contributed by atoms with Crippen LogP contribution in [0.5, 0.6) is 5.75 Å². The summed E-state index contributed by atoms with van der Waals surface area (Å²) in [5.41, 5.74) is 2.71. The number of hydrogen-bond acceptors (Lipinski definition) is 6. The number of nitrogens with zero attached hydrogens (tertiary/aromatic N) is 1. The summed E-state index contributed by atoms with van der Waals surface area (Å²) in [5.74, 6) is 0.384. The van der Waals surface area contributed by atoms with Gasteiger partial charge in [0, 0.05) is 18.0 Å². The fourth-order valence-electron chi connectivity index (χ4n) is 3.63. The van der Waals surface area contributed by atoms with Crippen molar-refractivity contribution in [2.75, 3.05) is 32.1 Å². The molecule has 30 heavy (non-hydrogen) atoms. The van der Waals surface area contributed by atoms with E-state index in [4.69, 9.17) is 9.47 Å². The van der Waals surface area contributed by atoms with Gasteiger partial charge in [-0.25, -0.2) is 4.79 Å². The van der Waals surface area contributed by atoms with Gasteiger partial charge in [-0.15, -0.1) is 11.3 Å². The number of carbonyl (C=O) groups excluding carboxylic acids is 2. The van der Waals surface area contributed by atoms with Crippen molar-refractivity contribution in [3.63, 3.8) is 0 Å². The van der Waals surface area contributed by atoms with Gasteiger partial charge in [0.2, 0.25) is 0 Å². The van der Waals surface area contributed by atoms with Crippen LogP contribution in [0, 0.1) is 0 Å². The van der Waals surface area contributed by atoms with E-state index in [0.29, 0.717) is 22.2 Å². The lowest BCUT2D eigenvalue weighted by Gasteiger charge is -2.26. The molecule has 3 rings (SSSR count). The Morgan fingerprint density at radius 2 is 1.97 bits per heavy atom. The van der Waals surface area contributed by atoms with Crippen molar-refractivity contribution in [1.82, 2.24) is 4.90 Å². The number of carbonyl (C=O) groups is 2. The molecule has 1 N–H and O–H groups in total.